The van der Waals surface area contributed by atoms with Crippen LogP contribution in [0.2, 0.25) is 0 Å². The molecule has 4 heteroatoms. The van der Waals surface area contributed by atoms with Gasteiger partial charge in [-0.1, -0.05) is 133 Å². The summed E-state index contributed by atoms with van der Waals surface area (Å²) in [5.41, 5.74) is 16.8. The molecular weight excluding hydrogens is 779 g/mol. The molecule has 0 spiro atoms. The highest BCUT2D eigenvalue weighted by molar-refractivity contribution is 6.23. The second kappa shape index (κ2) is 13.4. The second-order valence-electron chi connectivity index (χ2n) is 16.9. The average Bonchev–Trinajstić information content (AvgIpc) is 4.10. The quantitative estimate of drug-likeness (QED) is 0.167. The Morgan fingerprint density at radius 1 is 0.297 bits per heavy atom. The number of para-hydroxylation sites is 4. The molecule has 0 atom stereocenters. The lowest BCUT2D eigenvalue weighted by Crippen LogP contribution is -2.10. The fourth-order valence-corrected chi connectivity index (χ4v) is 10.5. The summed E-state index contributed by atoms with van der Waals surface area (Å²) >= 11 is 0. The average molecular weight is 816 g/mol. The van der Waals surface area contributed by atoms with Crippen LogP contribution in [0.4, 0.5) is 17.1 Å². The third-order valence-corrected chi connectivity index (χ3v) is 13.5. The van der Waals surface area contributed by atoms with Gasteiger partial charge in [-0.2, -0.15) is 0 Å². The number of hydrogen-bond acceptors (Lipinski definition) is 2. The van der Waals surface area contributed by atoms with Crippen LogP contribution in [0, 0.1) is 0 Å². The van der Waals surface area contributed by atoms with Gasteiger partial charge in [-0.05, 0) is 107 Å². The molecule has 0 saturated carbocycles. The zero-order valence-corrected chi connectivity index (χ0v) is 34.6. The SMILES string of the molecule is c1ccc(-c2ccc(N(c3ccc(-n4c5ccccc5c5ccccc54)cc3)c3ccc4c(c3)oc3cc(-c5ccc6c7cccc8c9ccccc9n(c6c5)c87)ccc34)cc2)cc1. The summed E-state index contributed by atoms with van der Waals surface area (Å²) in [6.45, 7) is 0. The van der Waals surface area contributed by atoms with Gasteiger partial charge in [0.1, 0.15) is 11.2 Å². The lowest BCUT2D eigenvalue weighted by atomic mass is 10.0. The minimum Gasteiger partial charge on any atom is -0.456 e. The van der Waals surface area contributed by atoms with Gasteiger partial charge in [-0.3, -0.25) is 0 Å². The zero-order valence-electron chi connectivity index (χ0n) is 34.6. The molecular formula is C60H37N3O. The van der Waals surface area contributed by atoms with E-state index in [1.165, 1.54) is 71.0 Å². The van der Waals surface area contributed by atoms with Crippen molar-refractivity contribution < 1.29 is 4.42 Å². The fraction of sp³-hybridized carbons (Fsp3) is 0. The second-order valence-corrected chi connectivity index (χ2v) is 16.9. The van der Waals surface area contributed by atoms with Gasteiger partial charge in [-0.25, -0.2) is 0 Å². The number of rotatable bonds is 6. The first-order valence-corrected chi connectivity index (χ1v) is 21.9. The number of aromatic nitrogens is 2. The highest BCUT2D eigenvalue weighted by Crippen LogP contribution is 2.43. The molecule has 0 unspecified atom stereocenters. The maximum absolute atomic E-state index is 6.80. The Bertz CT molecular complexity index is 4060. The van der Waals surface area contributed by atoms with E-state index in [1.807, 2.05) is 0 Å². The summed E-state index contributed by atoms with van der Waals surface area (Å²) in [6.07, 6.45) is 0. The molecule has 298 valence electrons. The van der Waals surface area contributed by atoms with Crippen molar-refractivity contribution in [2.24, 2.45) is 0 Å². The molecule has 0 bridgehead atoms. The molecule has 64 heavy (non-hydrogen) atoms. The number of nitrogens with zero attached hydrogens (tertiary/aromatic N) is 3. The Balaban J connectivity index is 0.879. The summed E-state index contributed by atoms with van der Waals surface area (Å²) < 4.78 is 11.6. The van der Waals surface area contributed by atoms with Crippen molar-refractivity contribution in [2.75, 3.05) is 4.90 Å². The predicted octanol–water partition coefficient (Wildman–Crippen LogP) is 16.6. The van der Waals surface area contributed by atoms with Crippen LogP contribution in [0.3, 0.4) is 0 Å². The summed E-state index contributed by atoms with van der Waals surface area (Å²) in [4.78, 5) is 2.33. The van der Waals surface area contributed by atoms with Gasteiger partial charge < -0.3 is 18.3 Å². The molecule has 0 saturated heterocycles. The Morgan fingerprint density at radius 3 is 1.45 bits per heavy atom. The Kier molecular flexibility index (Phi) is 7.36. The normalized spacial score (nSPS) is 12.1. The molecule has 0 fully saturated rings. The number of furan rings is 1. The number of fused-ring (bicyclic) bond motifs is 12. The lowest BCUT2D eigenvalue weighted by Gasteiger charge is -2.26. The third kappa shape index (κ3) is 5.11. The molecule has 0 aliphatic rings. The van der Waals surface area contributed by atoms with E-state index in [2.05, 4.69) is 238 Å². The molecule has 4 heterocycles. The minimum atomic E-state index is 0.850. The van der Waals surface area contributed by atoms with E-state index in [9.17, 15) is 0 Å². The van der Waals surface area contributed by atoms with E-state index < -0.39 is 0 Å². The predicted molar refractivity (Wildman–Crippen MR) is 268 cm³/mol. The molecule has 4 aromatic heterocycles. The van der Waals surface area contributed by atoms with Crippen molar-refractivity contribution in [3.05, 3.63) is 224 Å². The van der Waals surface area contributed by atoms with Gasteiger partial charge in [0.2, 0.25) is 0 Å². The summed E-state index contributed by atoms with van der Waals surface area (Å²) in [5.74, 6) is 0. The van der Waals surface area contributed by atoms with E-state index in [-0.39, 0.29) is 0 Å². The van der Waals surface area contributed by atoms with Crippen molar-refractivity contribution in [1.29, 1.82) is 0 Å². The number of anilines is 3. The lowest BCUT2D eigenvalue weighted by molar-refractivity contribution is 0.669. The highest BCUT2D eigenvalue weighted by atomic mass is 16.3. The summed E-state index contributed by atoms with van der Waals surface area (Å²) in [6, 6.07) is 81.3. The van der Waals surface area contributed by atoms with Gasteiger partial charge in [0, 0.05) is 71.9 Å². The summed E-state index contributed by atoms with van der Waals surface area (Å²) in [5, 5.41) is 9.85. The van der Waals surface area contributed by atoms with Crippen molar-refractivity contribution in [1.82, 2.24) is 8.97 Å². The van der Waals surface area contributed by atoms with Crippen LogP contribution >= 0.6 is 0 Å². The Hall–Kier alpha value is -8.60. The van der Waals surface area contributed by atoms with E-state index in [4.69, 9.17) is 4.42 Å². The topological polar surface area (TPSA) is 25.7 Å². The van der Waals surface area contributed by atoms with Gasteiger partial charge >= 0.3 is 0 Å². The Labute approximate surface area is 368 Å². The van der Waals surface area contributed by atoms with Gasteiger partial charge in [0.25, 0.3) is 0 Å². The van der Waals surface area contributed by atoms with E-state index >= 15 is 0 Å². The maximum Gasteiger partial charge on any atom is 0.137 e. The molecule has 4 nitrogen and oxygen atoms in total. The Morgan fingerprint density at radius 2 is 0.766 bits per heavy atom. The summed E-state index contributed by atoms with van der Waals surface area (Å²) in [7, 11) is 0. The van der Waals surface area contributed by atoms with Crippen LogP contribution in [-0.2, 0) is 0 Å². The van der Waals surface area contributed by atoms with Crippen molar-refractivity contribution in [3.63, 3.8) is 0 Å². The molecule has 0 aliphatic heterocycles. The van der Waals surface area contributed by atoms with Crippen LogP contribution in [-0.4, -0.2) is 8.97 Å². The van der Waals surface area contributed by atoms with Crippen molar-refractivity contribution in [3.8, 4) is 27.9 Å². The highest BCUT2D eigenvalue weighted by Gasteiger charge is 2.20. The molecule has 0 aliphatic carbocycles. The van der Waals surface area contributed by atoms with Gasteiger partial charge in [0.05, 0.1) is 27.6 Å². The standard InChI is InChI=1S/C60H37N3O/c1-2-11-38(12-3-1)39-21-25-42(26-22-39)61(43-27-29-44(30-28-43)62-54-18-7-4-13-46(54)47-14-5-8-19-55(47)62)45-31-34-51-50-33-24-41(36-58(50)64-59(51)37-45)40-23-32-49-53-17-10-16-52-48-15-6-9-20-56(48)63(60(52)53)57(49)35-40/h1-37H. The number of hydrogen-bond donors (Lipinski definition) is 0. The molecule has 14 rings (SSSR count). The molecule has 14 aromatic rings. The van der Waals surface area contributed by atoms with Gasteiger partial charge in [0.15, 0.2) is 0 Å². The largest absolute Gasteiger partial charge is 0.456 e. The van der Waals surface area contributed by atoms with E-state index in [0.29, 0.717) is 0 Å². The molecule has 10 aromatic carbocycles. The van der Waals surface area contributed by atoms with E-state index in [0.717, 1.165) is 55.8 Å². The smallest absolute Gasteiger partial charge is 0.137 e. The van der Waals surface area contributed by atoms with Crippen LogP contribution in [0.15, 0.2) is 229 Å². The number of benzene rings is 10. The van der Waals surface area contributed by atoms with Crippen molar-refractivity contribution in [2.45, 2.75) is 0 Å². The molecule has 0 amide bonds. The van der Waals surface area contributed by atoms with E-state index in [1.54, 1.807) is 0 Å². The zero-order chi connectivity index (χ0) is 41.9. The first kappa shape index (κ1) is 35.0. The molecule has 0 radical (unpaired) electrons. The third-order valence-electron chi connectivity index (χ3n) is 13.5. The molecule has 0 N–H and O–H groups in total. The first-order chi connectivity index (χ1) is 31.7. The van der Waals surface area contributed by atoms with Crippen LogP contribution in [0.5, 0.6) is 0 Å². The van der Waals surface area contributed by atoms with Crippen LogP contribution in [0.25, 0.3) is 110 Å². The van der Waals surface area contributed by atoms with Gasteiger partial charge in [-0.15, -0.1) is 0 Å². The fourth-order valence-electron chi connectivity index (χ4n) is 10.5. The van der Waals surface area contributed by atoms with Crippen LogP contribution < -0.4 is 4.90 Å². The maximum atomic E-state index is 6.80. The minimum absolute atomic E-state index is 0.850. The van der Waals surface area contributed by atoms with Crippen molar-refractivity contribution >= 4 is 98.9 Å². The van der Waals surface area contributed by atoms with Crippen LogP contribution in [0.1, 0.15) is 0 Å². The monoisotopic (exact) mass is 815 g/mol. The first-order valence-electron chi connectivity index (χ1n) is 21.9.